The Bertz CT molecular complexity index is 667. The van der Waals surface area contributed by atoms with Crippen LogP contribution in [0, 0.1) is 30.6 Å². The first-order chi connectivity index (χ1) is 11.0. The number of benzene rings is 1. The number of aryl methyl sites for hydroxylation is 1. The number of carbonyl (C=O) groups excluding carboxylic acids is 1. The Labute approximate surface area is 135 Å². The smallest absolute Gasteiger partial charge is 0.307 e. The number of rotatable bonds is 5. The van der Waals surface area contributed by atoms with Crippen LogP contribution in [-0.2, 0) is 9.59 Å². The summed E-state index contributed by atoms with van der Waals surface area (Å²) in [5.74, 6) is -1.68. The summed E-state index contributed by atoms with van der Waals surface area (Å²) in [7, 11) is 0. The minimum atomic E-state index is -0.893. The van der Waals surface area contributed by atoms with Gasteiger partial charge >= 0.3 is 5.97 Å². The molecule has 5 heteroatoms. The monoisotopic (exact) mass is 315 g/mol. The SMILES string of the molecule is CCOc1cc(C)ccc1NC(=O)C1C2C=CC(C2)C1C(=O)O. The predicted octanol–water partition coefficient (Wildman–Crippen LogP) is 2.86. The fraction of sp³-hybridized carbons (Fsp3) is 0.444. The van der Waals surface area contributed by atoms with Gasteiger partial charge in [-0.2, -0.15) is 0 Å². The second kappa shape index (κ2) is 6.07. The highest BCUT2D eigenvalue weighted by atomic mass is 16.5. The summed E-state index contributed by atoms with van der Waals surface area (Å²) in [5, 5.41) is 12.3. The average molecular weight is 315 g/mol. The van der Waals surface area contributed by atoms with E-state index in [1.165, 1.54) is 0 Å². The number of hydrogen-bond donors (Lipinski definition) is 2. The van der Waals surface area contributed by atoms with Crippen molar-refractivity contribution in [1.82, 2.24) is 0 Å². The quantitative estimate of drug-likeness (QED) is 0.819. The highest BCUT2D eigenvalue weighted by Crippen LogP contribution is 2.48. The first-order valence-electron chi connectivity index (χ1n) is 7.96. The van der Waals surface area contributed by atoms with E-state index in [-0.39, 0.29) is 17.7 Å². The van der Waals surface area contributed by atoms with Gasteiger partial charge in [0.1, 0.15) is 5.75 Å². The van der Waals surface area contributed by atoms with Gasteiger partial charge in [-0.3, -0.25) is 9.59 Å². The molecule has 0 saturated heterocycles. The number of carboxylic acid groups (broad SMARTS) is 1. The van der Waals surface area contributed by atoms with Crippen molar-refractivity contribution in [2.45, 2.75) is 20.3 Å². The van der Waals surface area contributed by atoms with Crippen molar-refractivity contribution >= 4 is 17.6 Å². The molecule has 122 valence electrons. The highest BCUT2D eigenvalue weighted by Gasteiger charge is 2.51. The van der Waals surface area contributed by atoms with E-state index >= 15 is 0 Å². The molecule has 5 nitrogen and oxygen atoms in total. The third-order valence-electron chi connectivity index (χ3n) is 4.74. The van der Waals surface area contributed by atoms with Crippen molar-refractivity contribution < 1.29 is 19.4 Å². The summed E-state index contributed by atoms with van der Waals surface area (Å²) in [6.45, 7) is 4.34. The molecule has 1 fully saturated rings. The Morgan fingerprint density at radius 2 is 1.96 bits per heavy atom. The van der Waals surface area contributed by atoms with Gasteiger partial charge in [0.15, 0.2) is 0 Å². The predicted molar refractivity (Wildman–Crippen MR) is 86.3 cm³/mol. The molecule has 3 rings (SSSR count). The van der Waals surface area contributed by atoms with Gasteiger partial charge in [-0.1, -0.05) is 18.2 Å². The van der Waals surface area contributed by atoms with Gasteiger partial charge in [-0.25, -0.2) is 0 Å². The third-order valence-corrected chi connectivity index (χ3v) is 4.74. The van der Waals surface area contributed by atoms with E-state index in [9.17, 15) is 14.7 Å². The number of anilines is 1. The van der Waals surface area contributed by atoms with Crippen LogP contribution in [0.3, 0.4) is 0 Å². The van der Waals surface area contributed by atoms with Crippen LogP contribution < -0.4 is 10.1 Å². The van der Waals surface area contributed by atoms with Crippen LogP contribution in [0.5, 0.6) is 5.75 Å². The van der Waals surface area contributed by atoms with Crippen LogP contribution >= 0.6 is 0 Å². The third kappa shape index (κ3) is 2.83. The summed E-state index contributed by atoms with van der Waals surface area (Å²) in [6.07, 6.45) is 4.67. The van der Waals surface area contributed by atoms with Crippen molar-refractivity contribution in [1.29, 1.82) is 0 Å². The molecule has 2 aliphatic rings. The van der Waals surface area contributed by atoms with Crippen molar-refractivity contribution in [2.24, 2.45) is 23.7 Å². The average Bonchev–Trinajstić information content (AvgIpc) is 3.10. The minimum absolute atomic E-state index is 0.0158. The summed E-state index contributed by atoms with van der Waals surface area (Å²) >= 11 is 0. The zero-order chi connectivity index (χ0) is 16.6. The number of carbonyl (C=O) groups is 2. The van der Waals surface area contributed by atoms with Crippen LogP contribution in [-0.4, -0.2) is 23.6 Å². The lowest BCUT2D eigenvalue weighted by Crippen LogP contribution is -2.36. The zero-order valence-electron chi connectivity index (χ0n) is 13.3. The van der Waals surface area contributed by atoms with E-state index in [0.29, 0.717) is 18.0 Å². The van der Waals surface area contributed by atoms with Crippen LogP contribution in [0.4, 0.5) is 5.69 Å². The summed E-state index contributed by atoms with van der Waals surface area (Å²) in [6, 6.07) is 5.57. The first kappa shape index (κ1) is 15.6. The van der Waals surface area contributed by atoms with Gasteiger partial charge in [-0.15, -0.1) is 0 Å². The lowest BCUT2D eigenvalue weighted by atomic mass is 9.82. The van der Waals surface area contributed by atoms with Gasteiger partial charge in [-0.05, 0) is 49.8 Å². The molecule has 0 heterocycles. The maximum Gasteiger partial charge on any atom is 0.307 e. The standard InChI is InChI=1S/C18H21NO4/c1-3-23-14-8-10(2)4-7-13(14)19-17(20)15-11-5-6-12(9-11)16(15)18(21)22/h4-8,11-12,15-16H,3,9H2,1-2H3,(H,19,20)(H,21,22). The fourth-order valence-electron chi connectivity index (χ4n) is 3.74. The highest BCUT2D eigenvalue weighted by molar-refractivity contribution is 5.97. The Balaban J connectivity index is 1.82. The second-order valence-corrected chi connectivity index (χ2v) is 6.26. The molecule has 23 heavy (non-hydrogen) atoms. The molecule has 4 unspecified atom stereocenters. The second-order valence-electron chi connectivity index (χ2n) is 6.26. The van der Waals surface area contributed by atoms with Crippen molar-refractivity contribution in [3.63, 3.8) is 0 Å². The first-order valence-corrected chi connectivity index (χ1v) is 7.96. The lowest BCUT2D eigenvalue weighted by Gasteiger charge is -2.24. The van der Waals surface area contributed by atoms with Gasteiger partial charge < -0.3 is 15.2 Å². The molecule has 0 aromatic heterocycles. The number of carboxylic acids is 1. The zero-order valence-corrected chi connectivity index (χ0v) is 13.3. The molecule has 2 N–H and O–H groups in total. The fourth-order valence-corrected chi connectivity index (χ4v) is 3.74. The van der Waals surface area contributed by atoms with E-state index in [0.717, 1.165) is 12.0 Å². The van der Waals surface area contributed by atoms with Gasteiger partial charge in [0, 0.05) is 0 Å². The lowest BCUT2D eigenvalue weighted by molar-refractivity contribution is -0.146. The van der Waals surface area contributed by atoms with Crippen molar-refractivity contribution in [3.8, 4) is 5.75 Å². The minimum Gasteiger partial charge on any atom is -0.492 e. The summed E-state index contributed by atoms with van der Waals surface area (Å²) < 4.78 is 5.57. The van der Waals surface area contributed by atoms with Gasteiger partial charge in [0.05, 0.1) is 24.1 Å². The van der Waals surface area contributed by atoms with E-state index in [1.807, 2.05) is 38.1 Å². The molecule has 0 aliphatic heterocycles. The maximum atomic E-state index is 12.7. The van der Waals surface area contributed by atoms with Crippen LogP contribution in [0.2, 0.25) is 0 Å². The molecule has 2 bridgehead atoms. The Morgan fingerprint density at radius 1 is 1.26 bits per heavy atom. The number of fused-ring (bicyclic) bond motifs is 2. The van der Waals surface area contributed by atoms with Crippen molar-refractivity contribution in [3.05, 3.63) is 35.9 Å². The number of hydrogen-bond acceptors (Lipinski definition) is 3. The van der Waals surface area contributed by atoms with E-state index in [1.54, 1.807) is 6.07 Å². The molecule has 0 spiro atoms. The van der Waals surface area contributed by atoms with Crippen LogP contribution in [0.1, 0.15) is 18.9 Å². The molecular formula is C18H21NO4. The Kier molecular flexibility index (Phi) is 4.11. The number of amides is 1. The van der Waals surface area contributed by atoms with E-state index in [2.05, 4.69) is 5.32 Å². The molecule has 2 aliphatic carbocycles. The summed E-state index contributed by atoms with van der Waals surface area (Å²) in [4.78, 5) is 24.2. The number of ether oxygens (including phenoxy) is 1. The van der Waals surface area contributed by atoms with E-state index < -0.39 is 17.8 Å². The molecule has 1 amide bonds. The molecule has 1 saturated carbocycles. The molecule has 4 atom stereocenters. The van der Waals surface area contributed by atoms with Gasteiger partial charge in [0.25, 0.3) is 0 Å². The molecule has 0 radical (unpaired) electrons. The number of aliphatic carboxylic acids is 1. The topological polar surface area (TPSA) is 75.6 Å². The normalized spacial score (nSPS) is 27.9. The number of allylic oxidation sites excluding steroid dienone is 2. The van der Waals surface area contributed by atoms with Crippen LogP contribution in [0.25, 0.3) is 0 Å². The van der Waals surface area contributed by atoms with Crippen molar-refractivity contribution in [2.75, 3.05) is 11.9 Å². The Morgan fingerprint density at radius 3 is 2.61 bits per heavy atom. The number of nitrogens with one attached hydrogen (secondary N) is 1. The van der Waals surface area contributed by atoms with E-state index in [4.69, 9.17) is 4.74 Å². The Hall–Kier alpha value is -2.30. The molecule has 1 aromatic rings. The maximum absolute atomic E-state index is 12.7. The summed E-state index contributed by atoms with van der Waals surface area (Å²) in [5.41, 5.74) is 1.64. The van der Waals surface area contributed by atoms with Gasteiger partial charge in [0.2, 0.25) is 5.91 Å². The molecular weight excluding hydrogens is 294 g/mol. The molecule has 1 aromatic carbocycles. The van der Waals surface area contributed by atoms with Crippen LogP contribution in [0.15, 0.2) is 30.4 Å². The largest absolute Gasteiger partial charge is 0.492 e.